The lowest BCUT2D eigenvalue weighted by atomic mass is 10.1. The summed E-state index contributed by atoms with van der Waals surface area (Å²) in [6, 6.07) is 22.9. The van der Waals surface area contributed by atoms with E-state index in [2.05, 4.69) is 34.3 Å². The predicted molar refractivity (Wildman–Crippen MR) is 135 cm³/mol. The molecule has 1 aliphatic rings. The van der Waals surface area contributed by atoms with Crippen LogP contribution in [0, 0.1) is 6.92 Å². The summed E-state index contributed by atoms with van der Waals surface area (Å²) in [7, 11) is 0. The maximum absolute atomic E-state index is 12.9. The number of carbonyl (C=O) groups is 2. The summed E-state index contributed by atoms with van der Waals surface area (Å²) in [4.78, 5) is 35.1. The molecule has 7 heteroatoms. The minimum Gasteiger partial charge on any atom is -0.445 e. The number of ether oxygens (including phenoxy) is 1. The van der Waals surface area contributed by atoms with E-state index >= 15 is 0 Å². The Morgan fingerprint density at radius 2 is 1.86 bits per heavy atom. The van der Waals surface area contributed by atoms with E-state index in [0.29, 0.717) is 25.1 Å². The number of aromatic amines is 1. The Balaban J connectivity index is 1.17. The van der Waals surface area contributed by atoms with Gasteiger partial charge in [-0.25, -0.2) is 9.78 Å². The highest BCUT2D eigenvalue weighted by Crippen LogP contribution is 2.22. The smallest absolute Gasteiger partial charge is 0.410 e. The summed E-state index contributed by atoms with van der Waals surface area (Å²) in [5.74, 6) is 0.706. The predicted octanol–water partition coefficient (Wildman–Crippen LogP) is 5.20. The monoisotopic (exact) mass is 468 g/mol. The fourth-order valence-electron chi connectivity index (χ4n) is 4.44. The van der Waals surface area contributed by atoms with Gasteiger partial charge >= 0.3 is 6.09 Å². The van der Waals surface area contributed by atoms with E-state index in [9.17, 15) is 9.59 Å². The number of anilines is 1. The Labute approximate surface area is 204 Å². The van der Waals surface area contributed by atoms with Crippen molar-refractivity contribution < 1.29 is 14.3 Å². The number of carbonyl (C=O) groups excluding carboxylic acids is 2. The number of H-pyrrole nitrogens is 1. The Morgan fingerprint density at radius 1 is 1.06 bits per heavy atom. The summed E-state index contributed by atoms with van der Waals surface area (Å²) in [6.07, 6.45) is 1.61. The first-order chi connectivity index (χ1) is 17.0. The van der Waals surface area contributed by atoms with Crippen LogP contribution in [0.15, 0.2) is 72.8 Å². The van der Waals surface area contributed by atoms with Crippen LogP contribution in [-0.4, -0.2) is 39.5 Å². The number of nitrogens with one attached hydrogen (secondary N) is 2. The lowest BCUT2D eigenvalue weighted by Crippen LogP contribution is -2.43. The maximum atomic E-state index is 12.9. The lowest BCUT2D eigenvalue weighted by Gasteiger charge is -2.23. The molecule has 2 N–H and O–H groups in total. The van der Waals surface area contributed by atoms with Crippen LogP contribution < -0.4 is 5.32 Å². The Kier molecular flexibility index (Phi) is 6.48. The van der Waals surface area contributed by atoms with Gasteiger partial charge in [-0.1, -0.05) is 48.5 Å². The highest BCUT2D eigenvalue weighted by molar-refractivity contribution is 5.96. The van der Waals surface area contributed by atoms with Crippen LogP contribution >= 0.6 is 0 Å². The zero-order valence-corrected chi connectivity index (χ0v) is 19.7. The quantitative estimate of drug-likeness (QED) is 0.407. The largest absolute Gasteiger partial charge is 0.445 e. The van der Waals surface area contributed by atoms with Crippen LogP contribution in [0.2, 0.25) is 0 Å². The van der Waals surface area contributed by atoms with Gasteiger partial charge in [0.15, 0.2) is 0 Å². The van der Waals surface area contributed by atoms with Crippen molar-refractivity contribution in [3.05, 3.63) is 95.3 Å². The van der Waals surface area contributed by atoms with Crippen LogP contribution in [0.3, 0.4) is 0 Å². The van der Waals surface area contributed by atoms with Crippen LogP contribution in [0.5, 0.6) is 0 Å². The molecule has 2 heterocycles. The molecule has 35 heavy (non-hydrogen) atoms. The van der Waals surface area contributed by atoms with Crippen molar-refractivity contribution in [3.63, 3.8) is 0 Å². The number of benzene rings is 3. The molecule has 178 valence electrons. The molecule has 0 aliphatic carbocycles. The zero-order valence-electron chi connectivity index (χ0n) is 19.7. The lowest BCUT2D eigenvalue weighted by molar-refractivity contribution is -0.120. The van der Waals surface area contributed by atoms with Gasteiger partial charge in [-0.15, -0.1) is 0 Å². The molecular formula is C28H28N4O3. The van der Waals surface area contributed by atoms with E-state index in [-0.39, 0.29) is 12.5 Å². The number of rotatable bonds is 6. The van der Waals surface area contributed by atoms with E-state index in [0.717, 1.165) is 34.4 Å². The molecule has 0 unspecified atom stereocenters. The molecule has 0 bridgehead atoms. The normalized spacial score (nSPS) is 15.3. The summed E-state index contributed by atoms with van der Waals surface area (Å²) in [5, 5.41) is 2.95. The van der Waals surface area contributed by atoms with E-state index in [1.165, 1.54) is 10.5 Å². The number of nitrogens with zero attached hydrogens (tertiary/aromatic N) is 2. The fraction of sp³-hybridized carbons (Fsp3) is 0.250. The van der Waals surface area contributed by atoms with Gasteiger partial charge in [0.2, 0.25) is 5.91 Å². The molecule has 0 spiro atoms. The third kappa shape index (κ3) is 5.35. The third-order valence-electron chi connectivity index (χ3n) is 6.27. The highest BCUT2D eigenvalue weighted by Gasteiger charge is 2.35. The molecule has 1 fully saturated rings. The summed E-state index contributed by atoms with van der Waals surface area (Å²) < 4.78 is 5.44. The van der Waals surface area contributed by atoms with Crippen molar-refractivity contribution in [1.82, 2.24) is 14.9 Å². The number of aryl methyl sites for hydroxylation is 1. The number of aromatic nitrogens is 2. The van der Waals surface area contributed by atoms with Gasteiger partial charge in [0.25, 0.3) is 0 Å². The molecule has 0 saturated carbocycles. The average Bonchev–Trinajstić information content (AvgIpc) is 3.51. The Bertz CT molecular complexity index is 1330. The molecule has 4 aromatic rings. The van der Waals surface area contributed by atoms with Gasteiger partial charge in [0, 0.05) is 18.7 Å². The standard InChI is InChI=1S/C28H28N4O3/c1-19-9-14-23-24(16-19)31-26(30-23)17-20-10-12-22(13-11-20)29-27(33)25-8-5-15-32(25)28(34)35-18-21-6-3-2-4-7-21/h2-4,6-7,9-14,16,25H,5,8,15,17-18H2,1H3,(H,29,33)(H,30,31)/t25-/m0/s1. The second-order valence-electron chi connectivity index (χ2n) is 8.96. The van der Waals surface area contributed by atoms with Gasteiger partial charge in [-0.05, 0) is 60.7 Å². The van der Waals surface area contributed by atoms with Gasteiger partial charge in [-0.3, -0.25) is 9.69 Å². The Morgan fingerprint density at radius 3 is 2.66 bits per heavy atom. The number of amides is 2. The molecule has 1 aromatic heterocycles. The SMILES string of the molecule is Cc1ccc2nc(Cc3ccc(NC(=O)[C@@H]4CCCN4C(=O)OCc4ccccc4)cc3)[nH]c2c1. The molecule has 5 rings (SSSR count). The van der Waals surface area contributed by atoms with E-state index in [1.807, 2.05) is 60.7 Å². The van der Waals surface area contributed by atoms with Crippen LogP contribution in [0.1, 0.15) is 35.4 Å². The average molecular weight is 469 g/mol. The van der Waals surface area contributed by atoms with Crippen molar-refractivity contribution in [3.8, 4) is 0 Å². The van der Waals surface area contributed by atoms with Gasteiger partial charge < -0.3 is 15.0 Å². The second-order valence-corrected chi connectivity index (χ2v) is 8.96. The molecule has 3 aromatic carbocycles. The van der Waals surface area contributed by atoms with Crippen molar-refractivity contribution in [2.45, 2.75) is 38.8 Å². The maximum Gasteiger partial charge on any atom is 0.410 e. The molecule has 0 radical (unpaired) electrons. The van der Waals surface area contributed by atoms with Crippen molar-refractivity contribution in [2.24, 2.45) is 0 Å². The first kappa shape index (κ1) is 22.7. The Hall–Kier alpha value is -4.13. The first-order valence-electron chi connectivity index (χ1n) is 11.9. The molecule has 1 saturated heterocycles. The van der Waals surface area contributed by atoms with Crippen LogP contribution in [0.4, 0.5) is 10.5 Å². The van der Waals surface area contributed by atoms with E-state index in [1.54, 1.807) is 0 Å². The molecule has 1 atom stereocenters. The van der Waals surface area contributed by atoms with E-state index in [4.69, 9.17) is 4.74 Å². The first-order valence-corrected chi connectivity index (χ1v) is 11.9. The van der Waals surface area contributed by atoms with Gasteiger partial charge in [0.05, 0.1) is 11.0 Å². The summed E-state index contributed by atoms with van der Waals surface area (Å²) in [6.45, 7) is 2.77. The van der Waals surface area contributed by atoms with Gasteiger partial charge in [-0.2, -0.15) is 0 Å². The van der Waals surface area contributed by atoms with Gasteiger partial charge in [0.1, 0.15) is 18.5 Å². The summed E-state index contributed by atoms with van der Waals surface area (Å²) >= 11 is 0. The topological polar surface area (TPSA) is 87.3 Å². The molecule has 7 nitrogen and oxygen atoms in total. The van der Waals surface area contributed by atoms with Crippen LogP contribution in [-0.2, 0) is 22.6 Å². The number of imidazole rings is 1. The third-order valence-corrected chi connectivity index (χ3v) is 6.27. The number of hydrogen-bond donors (Lipinski definition) is 2. The zero-order chi connectivity index (χ0) is 24.2. The second kappa shape index (κ2) is 10.0. The van der Waals surface area contributed by atoms with Crippen molar-refractivity contribution in [2.75, 3.05) is 11.9 Å². The van der Waals surface area contributed by atoms with Crippen molar-refractivity contribution in [1.29, 1.82) is 0 Å². The minimum atomic E-state index is -0.531. The molecule has 1 aliphatic heterocycles. The number of hydrogen-bond acceptors (Lipinski definition) is 4. The molecule has 2 amide bonds. The fourth-order valence-corrected chi connectivity index (χ4v) is 4.44. The van der Waals surface area contributed by atoms with E-state index < -0.39 is 12.1 Å². The van der Waals surface area contributed by atoms with Crippen LogP contribution in [0.25, 0.3) is 11.0 Å². The summed E-state index contributed by atoms with van der Waals surface area (Å²) in [5.41, 5.74) is 5.89. The highest BCUT2D eigenvalue weighted by atomic mass is 16.6. The number of likely N-dealkylation sites (tertiary alicyclic amines) is 1. The molecular weight excluding hydrogens is 440 g/mol. The number of fused-ring (bicyclic) bond motifs is 1. The van der Waals surface area contributed by atoms with Crippen molar-refractivity contribution >= 4 is 28.7 Å². The minimum absolute atomic E-state index is 0.191.